The van der Waals surface area contributed by atoms with Crippen molar-refractivity contribution in [1.82, 2.24) is 9.78 Å². The van der Waals surface area contributed by atoms with Crippen LogP contribution >= 0.6 is 15.9 Å². The van der Waals surface area contributed by atoms with Crippen LogP contribution in [0.3, 0.4) is 0 Å². The Labute approximate surface area is 101 Å². The van der Waals surface area contributed by atoms with Crippen molar-refractivity contribution in [3.63, 3.8) is 0 Å². The second kappa shape index (κ2) is 4.09. The van der Waals surface area contributed by atoms with Gasteiger partial charge in [-0.15, -0.1) is 0 Å². The summed E-state index contributed by atoms with van der Waals surface area (Å²) in [4.78, 5) is 10.9. The van der Waals surface area contributed by atoms with Gasteiger partial charge in [-0.05, 0) is 31.2 Å². The zero-order valence-corrected chi connectivity index (χ0v) is 10.1. The number of carboxylic acids is 1. The van der Waals surface area contributed by atoms with Gasteiger partial charge in [0.2, 0.25) is 0 Å². The molecule has 2 rings (SSSR count). The van der Waals surface area contributed by atoms with Crippen molar-refractivity contribution < 1.29 is 9.90 Å². The maximum absolute atomic E-state index is 10.9. The Kier molecular flexibility index (Phi) is 2.78. The first-order chi connectivity index (χ1) is 7.56. The normalized spacial score (nSPS) is 10.4. The van der Waals surface area contributed by atoms with Gasteiger partial charge in [-0.25, -0.2) is 9.48 Å². The molecule has 0 spiro atoms. The molecular formula is C11H9BrN2O2. The van der Waals surface area contributed by atoms with Crippen molar-refractivity contribution in [2.75, 3.05) is 0 Å². The Balaban J connectivity index is 2.53. The molecule has 0 unspecified atom stereocenters. The third kappa shape index (κ3) is 2.14. The number of aromatic nitrogens is 2. The quantitative estimate of drug-likeness (QED) is 0.920. The molecular weight excluding hydrogens is 272 g/mol. The number of aromatic carboxylic acids is 1. The lowest BCUT2D eigenvalue weighted by Gasteiger charge is -2.04. The third-order valence-electron chi connectivity index (χ3n) is 2.12. The number of rotatable bonds is 2. The molecule has 0 atom stereocenters. The Hall–Kier alpha value is -1.62. The lowest BCUT2D eigenvalue weighted by Crippen LogP contribution is -2.01. The van der Waals surface area contributed by atoms with Crippen molar-refractivity contribution in [1.29, 1.82) is 0 Å². The zero-order valence-electron chi connectivity index (χ0n) is 8.51. The Morgan fingerprint density at radius 3 is 2.75 bits per heavy atom. The molecule has 82 valence electrons. The molecule has 0 aliphatic rings. The van der Waals surface area contributed by atoms with Crippen LogP contribution in [0.15, 0.2) is 34.9 Å². The van der Waals surface area contributed by atoms with Crippen LogP contribution in [0.2, 0.25) is 0 Å². The molecule has 0 amide bonds. The molecule has 0 bridgehead atoms. The smallest absolute Gasteiger partial charge is 0.335 e. The first kappa shape index (κ1) is 10.9. The lowest BCUT2D eigenvalue weighted by molar-refractivity contribution is 0.0697. The molecule has 0 saturated carbocycles. The van der Waals surface area contributed by atoms with Crippen molar-refractivity contribution in [3.05, 3.63) is 46.2 Å². The van der Waals surface area contributed by atoms with E-state index in [2.05, 4.69) is 21.0 Å². The minimum Gasteiger partial charge on any atom is -0.478 e. The molecule has 0 aliphatic heterocycles. The zero-order chi connectivity index (χ0) is 11.7. The van der Waals surface area contributed by atoms with Gasteiger partial charge in [0.25, 0.3) is 0 Å². The minimum absolute atomic E-state index is 0.234. The van der Waals surface area contributed by atoms with Crippen LogP contribution in [-0.4, -0.2) is 20.9 Å². The first-order valence-electron chi connectivity index (χ1n) is 4.63. The number of hydrogen-bond acceptors (Lipinski definition) is 2. The Morgan fingerprint density at radius 2 is 2.19 bits per heavy atom. The summed E-state index contributed by atoms with van der Waals surface area (Å²) in [6.45, 7) is 1.88. The van der Waals surface area contributed by atoms with Gasteiger partial charge in [-0.2, -0.15) is 5.10 Å². The summed E-state index contributed by atoms with van der Waals surface area (Å²) in [5, 5.41) is 13.2. The highest BCUT2D eigenvalue weighted by Gasteiger charge is 2.07. The molecule has 1 N–H and O–H groups in total. The maximum atomic E-state index is 10.9. The maximum Gasteiger partial charge on any atom is 0.335 e. The second-order valence-corrected chi connectivity index (χ2v) is 4.32. The van der Waals surface area contributed by atoms with Gasteiger partial charge < -0.3 is 5.11 Å². The van der Waals surface area contributed by atoms with Crippen molar-refractivity contribution in [2.24, 2.45) is 0 Å². The largest absolute Gasteiger partial charge is 0.478 e. The lowest BCUT2D eigenvalue weighted by atomic mass is 10.2. The van der Waals surface area contributed by atoms with Crippen LogP contribution in [-0.2, 0) is 0 Å². The van der Waals surface area contributed by atoms with Gasteiger partial charge in [0.05, 0.1) is 16.9 Å². The summed E-state index contributed by atoms with van der Waals surface area (Å²) in [6.07, 6.45) is 1.79. The average molecular weight is 281 g/mol. The molecule has 1 heterocycles. The Bertz CT molecular complexity index is 549. The first-order valence-corrected chi connectivity index (χ1v) is 5.42. The molecule has 1 aromatic heterocycles. The van der Waals surface area contributed by atoms with Crippen LogP contribution in [0.1, 0.15) is 16.1 Å². The monoisotopic (exact) mass is 280 g/mol. The summed E-state index contributed by atoms with van der Waals surface area (Å²) < 4.78 is 2.36. The highest BCUT2D eigenvalue weighted by Crippen LogP contribution is 2.18. The van der Waals surface area contributed by atoms with Gasteiger partial charge in [-0.1, -0.05) is 15.9 Å². The predicted octanol–water partition coefficient (Wildman–Crippen LogP) is 2.64. The molecule has 1 aromatic carbocycles. The molecule has 5 heteroatoms. The fourth-order valence-corrected chi connectivity index (χ4v) is 1.87. The standard InChI is InChI=1S/C11H9BrN2O2/c1-7-2-3-14(13-7)10-5-8(11(15)16)4-9(12)6-10/h2-6H,1H3,(H,15,16). The SMILES string of the molecule is Cc1ccn(-c2cc(Br)cc(C(=O)O)c2)n1. The average Bonchev–Trinajstić information content (AvgIpc) is 2.64. The van der Waals surface area contributed by atoms with E-state index < -0.39 is 5.97 Å². The summed E-state index contributed by atoms with van der Waals surface area (Å²) in [7, 11) is 0. The van der Waals surface area contributed by atoms with Crippen LogP contribution in [0, 0.1) is 6.92 Å². The van der Waals surface area contributed by atoms with E-state index in [-0.39, 0.29) is 5.56 Å². The molecule has 2 aromatic rings. The number of carboxylic acid groups (broad SMARTS) is 1. The van der Waals surface area contributed by atoms with Crippen molar-refractivity contribution in [2.45, 2.75) is 6.92 Å². The second-order valence-electron chi connectivity index (χ2n) is 3.40. The van der Waals surface area contributed by atoms with E-state index in [9.17, 15) is 4.79 Å². The number of carbonyl (C=O) groups is 1. The van der Waals surface area contributed by atoms with Crippen molar-refractivity contribution in [3.8, 4) is 5.69 Å². The van der Waals surface area contributed by atoms with E-state index in [1.54, 1.807) is 23.0 Å². The topological polar surface area (TPSA) is 55.1 Å². The third-order valence-corrected chi connectivity index (χ3v) is 2.57. The van der Waals surface area contributed by atoms with E-state index in [4.69, 9.17) is 5.11 Å². The van der Waals surface area contributed by atoms with Gasteiger partial charge >= 0.3 is 5.97 Å². The number of halogens is 1. The molecule has 0 saturated heterocycles. The van der Waals surface area contributed by atoms with E-state index >= 15 is 0 Å². The molecule has 4 nitrogen and oxygen atoms in total. The van der Waals surface area contributed by atoms with Crippen LogP contribution in [0.5, 0.6) is 0 Å². The van der Waals surface area contributed by atoms with E-state index in [0.717, 1.165) is 15.9 Å². The summed E-state index contributed by atoms with van der Waals surface area (Å²) in [6, 6.07) is 6.82. The van der Waals surface area contributed by atoms with Gasteiger partial charge in [0, 0.05) is 10.7 Å². The summed E-state index contributed by atoms with van der Waals surface area (Å²) >= 11 is 3.28. The molecule has 0 aliphatic carbocycles. The highest BCUT2D eigenvalue weighted by atomic mass is 79.9. The van der Waals surface area contributed by atoms with E-state index in [1.165, 1.54) is 0 Å². The number of hydrogen-bond donors (Lipinski definition) is 1. The van der Waals surface area contributed by atoms with Crippen LogP contribution < -0.4 is 0 Å². The molecule has 0 radical (unpaired) electrons. The molecule has 0 fully saturated rings. The predicted molar refractivity (Wildman–Crippen MR) is 63.0 cm³/mol. The summed E-state index contributed by atoms with van der Waals surface area (Å²) in [5.74, 6) is -0.952. The van der Waals surface area contributed by atoms with Crippen LogP contribution in [0.4, 0.5) is 0 Å². The minimum atomic E-state index is -0.952. The van der Waals surface area contributed by atoms with Gasteiger partial charge in [0.15, 0.2) is 0 Å². The number of benzene rings is 1. The number of nitrogens with zero attached hydrogens (tertiary/aromatic N) is 2. The summed E-state index contributed by atoms with van der Waals surface area (Å²) in [5.41, 5.74) is 1.84. The fourth-order valence-electron chi connectivity index (χ4n) is 1.39. The highest BCUT2D eigenvalue weighted by molar-refractivity contribution is 9.10. The van der Waals surface area contributed by atoms with Crippen LogP contribution in [0.25, 0.3) is 5.69 Å². The Morgan fingerprint density at radius 1 is 1.44 bits per heavy atom. The fraction of sp³-hybridized carbons (Fsp3) is 0.0909. The van der Waals surface area contributed by atoms with Gasteiger partial charge in [-0.3, -0.25) is 0 Å². The molecule has 16 heavy (non-hydrogen) atoms. The van der Waals surface area contributed by atoms with E-state index in [0.29, 0.717) is 0 Å². The van der Waals surface area contributed by atoms with Gasteiger partial charge in [0.1, 0.15) is 0 Å². The number of aryl methyl sites for hydroxylation is 1. The van der Waals surface area contributed by atoms with E-state index in [1.807, 2.05) is 19.1 Å². The van der Waals surface area contributed by atoms with Crippen molar-refractivity contribution >= 4 is 21.9 Å².